The number of nitrogens with zero attached hydrogens (tertiary/aromatic N) is 5. The molecule has 0 aliphatic carbocycles. The summed E-state index contributed by atoms with van der Waals surface area (Å²) in [6.45, 7) is 3.40. The number of hydrogen-bond donors (Lipinski definition) is 1. The van der Waals surface area contributed by atoms with Gasteiger partial charge >= 0.3 is 0 Å². The first-order valence-corrected chi connectivity index (χ1v) is 6.28. The largest absolute Gasteiger partial charge is 0.351 e. The van der Waals surface area contributed by atoms with Gasteiger partial charge in [-0.15, -0.1) is 16.4 Å². The van der Waals surface area contributed by atoms with E-state index in [-0.39, 0.29) is 0 Å². The second-order valence-electron chi connectivity index (χ2n) is 3.86. The molecular weight excluding hydrogens is 235 g/mol. The predicted molar refractivity (Wildman–Crippen MR) is 67.0 cm³/mol. The summed E-state index contributed by atoms with van der Waals surface area (Å²) in [4.78, 5) is 8.27. The molecule has 0 unspecified atom stereocenters. The molecule has 2 aromatic rings. The van der Waals surface area contributed by atoms with E-state index in [9.17, 15) is 0 Å². The number of aromatic amines is 1. The zero-order valence-corrected chi connectivity index (χ0v) is 10.0. The van der Waals surface area contributed by atoms with Crippen LogP contribution in [0.5, 0.6) is 0 Å². The lowest BCUT2D eigenvalue weighted by molar-refractivity contribution is 0.413. The van der Waals surface area contributed by atoms with Crippen molar-refractivity contribution >= 4 is 25.1 Å². The van der Waals surface area contributed by atoms with Gasteiger partial charge in [0.2, 0.25) is 0 Å². The quantitative estimate of drug-likeness (QED) is 0.763. The molecule has 2 radical (unpaired) electrons. The summed E-state index contributed by atoms with van der Waals surface area (Å²) in [5.74, 6) is 0.869. The van der Waals surface area contributed by atoms with Crippen LogP contribution in [0.3, 0.4) is 0 Å². The van der Waals surface area contributed by atoms with E-state index in [1.54, 1.807) is 17.5 Å². The summed E-state index contributed by atoms with van der Waals surface area (Å²) in [5.41, 5.74) is 0.825. The maximum Gasteiger partial charge on any atom is 0.182 e. The van der Waals surface area contributed by atoms with Gasteiger partial charge in [-0.1, -0.05) is 0 Å². The molecule has 0 atom stereocenters. The molecule has 0 bridgehead atoms. The molecule has 1 N–H and O–H groups in total. The lowest BCUT2D eigenvalue weighted by Gasteiger charge is -2.32. The summed E-state index contributed by atoms with van der Waals surface area (Å²) < 4.78 is 0. The summed E-state index contributed by atoms with van der Waals surface area (Å²) in [5, 5.41) is 13.9. The van der Waals surface area contributed by atoms with Gasteiger partial charge in [-0.25, -0.2) is 4.98 Å². The van der Waals surface area contributed by atoms with E-state index in [1.807, 2.05) is 10.2 Å². The van der Waals surface area contributed by atoms with Crippen LogP contribution in [0.25, 0.3) is 10.7 Å². The molecule has 3 heterocycles. The Kier molecular flexibility index (Phi) is 2.81. The fourth-order valence-corrected chi connectivity index (χ4v) is 2.48. The monoisotopic (exact) mass is 246 g/mol. The van der Waals surface area contributed by atoms with E-state index < -0.39 is 0 Å². The zero-order chi connectivity index (χ0) is 11.7. The van der Waals surface area contributed by atoms with Gasteiger partial charge in [0, 0.05) is 37.8 Å². The topological polar surface area (TPSA) is 60.9 Å². The first-order chi connectivity index (χ1) is 8.34. The second-order valence-corrected chi connectivity index (χ2v) is 4.75. The van der Waals surface area contributed by atoms with Gasteiger partial charge in [0.15, 0.2) is 19.5 Å². The van der Waals surface area contributed by atoms with Gasteiger partial charge in [0.25, 0.3) is 0 Å². The minimum absolute atomic E-state index is 0.825. The van der Waals surface area contributed by atoms with Gasteiger partial charge in [-0.3, -0.25) is 0 Å². The maximum atomic E-state index is 5.74. The molecule has 0 aromatic carbocycles. The van der Waals surface area contributed by atoms with E-state index in [4.69, 9.17) is 7.98 Å². The van der Waals surface area contributed by atoms with Crippen molar-refractivity contribution in [1.82, 2.24) is 25.2 Å². The van der Waals surface area contributed by atoms with E-state index in [0.717, 1.165) is 42.7 Å². The predicted octanol–water partition coefficient (Wildman–Crippen LogP) is 0.134. The molecule has 86 valence electrons. The van der Waals surface area contributed by atoms with Gasteiger partial charge in [-0.05, 0) is 0 Å². The summed E-state index contributed by atoms with van der Waals surface area (Å²) in [6.07, 6.45) is 1.77. The Morgan fingerprint density at radius 2 is 2.06 bits per heavy atom. The number of anilines is 1. The zero-order valence-electron chi connectivity index (χ0n) is 9.20. The highest BCUT2D eigenvalue weighted by molar-refractivity contribution is 7.13. The highest BCUT2D eigenvalue weighted by atomic mass is 32.1. The average molecular weight is 246 g/mol. The fraction of sp³-hybridized carbons (Fsp3) is 0.444. The van der Waals surface area contributed by atoms with Crippen molar-refractivity contribution in [2.75, 3.05) is 31.1 Å². The van der Waals surface area contributed by atoms with Crippen LogP contribution < -0.4 is 4.90 Å². The average Bonchev–Trinajstić information content (AvgIpc) is 3.00. The molecule has 2 aromatic heterocycles. The molecule has 8 heteroatoms. The lowest BCUT2D eigenvalue weighted by atomic mass is 10.2. The number of nitrogens with one attached hydrogen (secondary N) is 1. The van der Waals surface area contributed by atoms with Crippen LogP contribution in [-0.4, -0.2) is 59.4 Å². The third-order valence-corrected chi connectivity index (χ3v) is 3.56. The molecule has 17 heavy (non-hydrogen) atoms. The van der Waals surface area contributed by atoms with Gasteiger partial charge in [0.1, 0.15) is 5.01 Å². The normalized spacial score (nSPS) is 17.5. The van der Waals surface area contributed by atoms with Gasteiger partial charge < -0.3 is 9.71 Å². The number of piperazine rings is 1. The van der Waals surface area contributed by atoms with Crippen molar-refractivity contribution in [2.24, 2.45) is 0 Å². The Labute approximate surface area is 104 Å². The van der Waals surface area contributed by atoms with Gasteiger partial charge in [-0.2, -0.15) is 10.3 Å². The molecule has 1 saturated heterocycles. The molecule has 6 nitrogen and oxygen atoms in total. The third kappa shape index (κ3) is 2.05. The molecule has 1 aliphatic rings. The van der Waals surface area contributed by atoms with E-state index in [2.05, 4.69) is 25.3 Å². The number of rotatable bonds is 2. The second kappa shape index (κ2) is 4.46. The van der Waals surface area contributed by atoms with Crippen LogP contribution >= 0.6 is 11.3 Å². The highest BCUT2D eigenvalue weighted by Crippen LogP contribution is 2.28. The van der Waals surface area contributed by atoms with Crippen molar-refractivity contribution in [2.45, 2.75) is 0 Å². The van der Waals surface area contributed by atoms with Crippen LogP contribution in [0, 0.1) is 0 Å². The Morgan fingerprint density at radius 1 is 1.24 bits per heavy atom. The van der Waals surface area contributed by atoms with Crippen LogP contribution in [0.1, 0.15) is 0 Å². The number of aromatic nitrogens is 4. The highest BCUT2D eigenvalue weighted by Gasteiger charge is 2.21. The Balaban J connectivity index is 1.86. The van der Waals surface area contributed by atoms with Gasteiger partial charge in [0.05, 0.1) is 0 Å². The standard InChI is InChI=1S/C9H11BN6S/c10-16-4-2-15(3-5-16)8-7(12-14-13-8)9-11-1-6-17-9/h1,6H,2-5H2,(H,12,13,14). The molecule has 3 rings (SSSR count). The Morgan fingerprint density at radius 3 is 2.76 bits per heavy atom. The van der Waals surface area contributed by atoms with Crippen LogP contribution in [0.15, 0.2) is 11.6 Å². The Hall–Kier alpha value is -1.41. The van der Waals surface area contributed by atoms with Crippen molar-refractivity contribution < 1.29 is 0 Å². The van der Waals surface area contributed by atoms with E-state index >= 15 is 0 Å². The molecule has 0 saturated carbocycles. The summed E-state index contributed by atoms with van der Waals surface area (Å²) in [7, 11) is 5.74. The number of H-pyrrole nitrogens is 1. The molecule has 1 fully saturated rings. The van der Waals surface area contributed by atoms with Crippen LogP contribution in [-0.2, 0) is 0 Å². The smallest absolute Gasteiger partial charge is 0.182 e. The van der Waals surface area contributed by atoms with Crippen LogP contribution in [0.4, 0.5) is 5.82 Å². The lowest BCUT2D eigenvalue weighted by Crippen LogP contribution is -2.45. The van der Waals surface area contributed by atoms with Crippen molar-refractivity contribution in [3.8, 4) is 10.7 Å². The van der Waals surface area contributed by atoms with Crippen molar-refractivity contribution in [1.29, 1.82) is 0 Å². The van der Waals surface area contributed by atoms with E-state index in [1.165, 1.54) is 0 Å². The third-order valence-electron chi connectivity index (χ3n) is 2.78. The molecular formula is C9H11BN6S. The minimum Gasteiger partial charge on any atom is -0.351 e. The SMILES string of the molecule is [B]N1CCN(c2n[nH]nc2-c2nccs2)CC1. The number of hydrogen-bond acceptors (Lipinski definition) is 6. The summed E-state index contributed by atoms with van der Waals surface area (Å²) in [6, 6.07) is 0. The first-order valence-electron chi connectivity index (χ1n) is 5.40. The number of thiazole rings is 1. The van der Waals surface area contributed by atoms with Crippen molar-refractivity contribution in [3.63, 3.8) is 0 Å². The minimum atomic E-state index is 0.825. The maximum absolute atomic E-state index is 5.74. The van der Waals surface area contributed by atoms with Crippen LogP contribution in [0.2, 0.25) is 0 Å². The molecule has 0 spiro atoms. The Bertz CT molecular complexity index is 475. The van der Waals surface area contributed by atoms with E-state index in [0.29, 0.717) is 0 Å². The summed E-state index contributed by atoms with van der Waals surface area (Å²) >= 11 is 1.56. The first kappa shape index (κ1) is 10.7. The fourth-order valence-electron chi connectivity index (χ4n) is 1.86. The van der Waals surface area contributed by atoms with Crippen molar-refractivity contribution in [3.05, 3.63) is 11.6 Å². The molecule has 1 aliphatic heterocycles. The molecule has 0 amide bonds.